The molecule has 1 aliphatic carbocycles. The van der Waals surface area contributed by atoms with Crippen LogP contribution in [0.25, 0.3) is 0 Å². The molecular weight excluding hydrogens is 306 g/mol. The second-order valence-corrected chi connectivity index (χ2v) is 6.75. The minimum atomic E-state index is -0.0595. The maximum Gasteiger partial charge on any atom is 0.252 e. The van der Waals surface area contributed by atoms with Crippen LogP contribution in [0.5, 0.6) is 0 Å². The van der Waals surface area contributed by atoms with Gasteiger partial charge in [0, 0.05) is 30.3 Å². The minimum absolute atomic E-state index is 0.0595. The summed E-state index contributed by atoms with van der Waals surface area (Å²) in [6.07, 6.45) is 4.06. The van der Waals surface area contributed by atoms with Gasteiger partial charge in [0.2, 0.25) is 0 Å². The molecule has 5 heteroatoms. The molecule has 0 atom stereocenters. The number of hydrogen-bond donors (Lipinski definition) is 2. The molecule has 3 rings (SSSR count). The smallest absolute Gasteiger partial charge is 0.252 e. The number of benzene rings is 1. The number of aromatic nitrogens is 1. The number of carbonyl (C=O) groups excluding carboxylic acids is 1. The molecule has 1 aromatic heterocycles. The van der Waals surface area contributed by atoms with E-state index in [1.807, 2.05) is 42.1 Å². The first-order valence-corrected chi connectivity index (χ1v) is 9.09. The van der Waals surface area contributed by atoms with Crippen molar-refractivity contribution in [2.45, 2.75) is 24.6 Å². The number of hydrogen-bond acceptors (Lipinski definition) is 4. The van der Waals surface area contributed by atoms with Gasteiger partial charge in [-0.3, -0.25) is 4.79 Å². The quantitative estimate of drug-likeness (QED) is 0.730. The fraction of sp³-hybridized carbons (Fsp3) is 0.333. The van der Waals surface area contributed by atoms with Gasteiger partial charge in [-0.1, -0.05) is 30.3 Å². The average molecular weight is 327 g/mol. The third kappa shape index (κ3) is 5.28. The Morgan fingerprint density at radius 2 is 2.00 bits per heavy atom. The molecule has 1 amide bonds. The molecule has 120 valence electrons. The summed E-state index contributed by atoms with van der Waals surface area (Å²) in [6.45, 7) is 0.665. The number of anilines is 1. The summed E-state index contributed by atoms with van der Waals surface area (Å²) in [5, 5.41) is 6.25. The molecule has 2 aromatic rings. The number of rotatable bonds is 8. The lowest BCUT2D eigenvalue weighted by molar-refractivity contribution is 0.0956. The number of carbonyl (C=O) groups is 1. The Balaban J connectivity index is 1.35. The van der Waals surface area contributed by atoms with Crippen molar-refractivity contribution in [1.29, 1.82) is 0 Å². The van der Waals surface area contributed by atoms with Crippen LogP contribution in [-0.4, -0.2) is 29.2 Å². The molecule has 1 fully saturated rings. The van der Waals surface area contributed by atoms with Crippen molar-refractivity contribution in [3.8, 4) is 0 Å². The van der Waals surface area contributed by atoms with Gasteiger partial charge in [0.25, 0.3) is 5.91 Å². The molecule has 1 saturated carbocycles. The molecule has 4 nitrogen and oxygen atoms in total. The maximum atomic E-state index is 12.0. The van der Waals surface area contributed by atoms with Crippen LogP contribution < -0.4 is 10.6 Å². The van der Waals surface area contributed by atoms with Crippen molar-refractivity contribution in [3.63, 3.8) is 0 Å². The zero-order chi connectivity index (χ0) is 15.9. The normalized spacial score (nSPS) is 13.6. The fourth-order valence-corrected chi connectivity index (χ4v) is 2.97. The number of amides is 1. The summed E-state index contributed by atoms with van der Waals surface area (Å²) < 4.78 is 0. The van der Waals surface area contributed by atoms with E-state index >= 15 is 0 Å². The van der Waals surface area contributed by atoms with Gasteiger partial charge in [0.05, 0.1) is 5.56 Å². The van der Waals surface area contributed by atoms with E-state index in [1.54, 1.807) is 6.20 Å². The molecule has 1 aromatic carbocycles. The third-order valence-electron chi connectivity index (χ3n) is 3.60. The molecule has 0 bridgehead atoms. The minimum Gasteiger partial charge on any atom is -0.367 e. The van der Waals surface area contributed by atoms with Crippen LogP contribution in [-0.2, 0) is 5.75 Å². The number of nitrogens with one attached hydrogen (secondary N) is 2. The van der Waals surface area contributed by atoms with Crippen LogP contribution in [0.1, 0.15) is 28.8 Å². The van der Waals surface area contributed by atoms with Crippen molar-refractivity contribution in [2.24, 2.45) is 0 Å². The lowest BCUT2D eigenvalue weighted by Gasteiger charge is -2.07. The van der Waals surface area contributed by atoms with Gasteiger partial charge < -0.3 is 10.6 Å². The highest BCUT2D eigenvalue weighted by molar-refractivity contribution is 7.98. The molecule has 23 heavy (non-hydrogen) atoms. The predicted octanol–water partition coefficient (Wildman–Crippen LogP) is 3.32. The Bertz CT molecular complexity index is 626. The second-order valence-electron chi connectivity index (χ2n) is 5.64. The van der Waals surface area contributed by atoms with E-state index in [2.05, 4.69) is 27.8 Å². The van der Waals surface area contributed by atoms with Crippen molar-refractivity contribution in [3.05, 3.63) is 59.8 Å². The van der Waals surface area contributed by atoms with E-state index in [-0.39, 0.29) is 5.91 Å². The van der Waals surface area contributed by atoms with Gasteiger partial charge in [0.15, 0.2) is 0 Å². The summed E-state index contributed by atoms with van der Waals surface area (Å²) in [5.74, 6) is 2.66. The van der Waals surface area contributed by atoms with Crippen LogP contribution >= 0.6 is 11.8 Å². The van der Waals surface area contributed by atoms with Gasteiger partial charge in [-0.15, -0.1) is 0 Å². The Morgan fingerprint density at radius 3 is 2.70 bits per heavy atom. The molecular formula is C18H21N3OS. The Labute approximate surface area is 141 Å². The van der Waals surface area contributed by atoms with Crippen LogP contribution in [0, 0.1) is 0 Å². The van der Waals surface area contributed by atoms with Crippen molar-refractivity contribution in [1.82, 2.24) is 10.3 Å². The lowest BCUT2D eigenvalue weighted by atomic mass is 10.2. The Morgan fingerprint density at radius 1 is 1.17 bits per heavy atom. The molecule has 0 radical (unpaired) electrons. The number of pyridine rings is 1. The first kappa shape index (κ1) is 15.9. The van der Waals surface area contributed by atoms with Gasteiger partial charge in [-0.05, 0) is 30.5 Å². The molecule has 0 unspecified atom stereocenters. The first-order valence-electron chi connectivity index (χ1n) is 7.94. The zero-order valence-electron chi connectivity index (χ0n) is 13.0. The van der Waals surface area contributed by atoms with E-state index in [0.29, 0.717) is 18.2 Å². The summed E-state index contributed by atoms with van der Waals surface area (Å²) in [4.78, 5) is 16.3. The standard InChI is InChI=1S/C18H21N3OS/c22-18(15-6-9-17(20-12-15)21-16-7-8-16)19-10-11-23-13-14-4-2-1-3-5-14/h1-6,9,12,16H,7-8,10-11,13H2,(H,19,22)(H,20,21). The monoisotopic (exact) mass is 327 g/mol. The summed E-state index contributed by atoms with van der Waals surface area (Å²) >= 11 is 1.82. The highest BCUT2D eigenvalue weighted by Gasteiger charge is 2.21. The highest BCUT2D eigenvalue weighted by atomic mass is 32.2. The molecule has 0 aliphatic heterocycles. The van der Waals surface area contributed by atoms with Crippen LogP contribution in [0.4, 0.5) is 5.82 Å². The fourth-order valence-electron chi connectivity index (χ4n) is 2.15. The van der Waals surface area contributed by atoms with Crippen LogP contribution in [0.15, 0.2) is 48.7 Å². The summed E-state index contributed by atoms with van der Waals surface area (Å²) in [6, 6.07) is 14.6. The molecule has 0 spiro atoms. The van der Waals surface area contributed by atoms with Crippen molar-refractivity contribution < 1.29 is 4.79 Å². The van der Waals surface area contributed by atoms with E-state index in [4.69, 9.17) is 0 Å². The zero-order valence-corrected chi connectivity index (χ0v) is 13.8. The molecule has 1 aliphatic rings. The molecule has 2 N–H and O–H groups in total. The van der Waals surface area contributed by atoms with E-state index in [0.717, 1.165) is 17.3 Å². The topological polar surface area (TPSA) is 54.0 Å². The molecule has 1 heterocycles. The maximum absolute atomic E-state index is 12.0. The highest BCUT2D eigenvalue weighted by Crippen LogP contribution is 2.23. The lowest BCUT2D eigenvalue weighted by Crippen LogP contribution is -2.25. The Hall–Kier alpha value is -2.01. The van der Waals surface area contributed by atoms with Gasteiger partial charge in [-0.25, -0.2) is 4.98 Å². The largest absolute Gasteiger partial charge is 0.367 e. The summed E-state index contributed by atoms with van der Waals surface area (Å²) in [7, 11) is 0. The predicted molar refractivity (Wildman–Crippen MR) is 95.8 cm³/mol. The second kappa shape index (κ2) is 8.02. The van der Waals surface area contributed by atoms with E-state index in [1.165, 1.54) is 18.4 Å². The van der Waals surface area contributed by atoms with E-state index < -0.39 is 0 Å². The van der Waals surface area contributed by atoms with E-state index in [9.17, 15) is 4.79 Å². The van der Waals surface area contributed by atoms with Gasteiger partial charge in [0.1, 0.15) is 5.82 Å². The van der Waals surface area contributed by atoms with Crippen molar-refractivity contribution in [2.75, 3.05) is 17.6 Å². The van der Waals surface area contributed by atoms with Crippen molar-refractivity contribution >= 4 is 23.5 Å². The number of nitrogens with zero attached hydrogens (tertiary/aromatic N) is 1. The van der Waals surface area contributed by atoms with Gasteiger partial charge >= 0.3 is 0 Å². The Kier molecular flexibility index (Phi) is 5.53. The average Bonchev–Trinajstić information content (AvgIpc) is 3.40. The molecule has 0 saturated heterocycles. The third-order valence-corrected chi connectivity index (χ3v) is 4.63. The van der Waals surface area contributed by atoms with Crippen LogP contribution in [0.2, 0.25) is 0 Å². The first-order chi connectivity index (χ1) is 11.3. The van der Waals surface area contributed by atoms with Gasteiger partial charge in [-0.2, -0.15) is 11.8 Å². The SMILES string of the molecule is O=C(NCCSCc1ccccc1)c1ccc(NC2CC2)nc1. The summed E-state index contributed by atoms with van der Waals surface area (Å²) in [5.41, 5.74) is 1.92. The van der Waals surface area contributed by atoms with Crippen LogP contribution in [0.3, 0.4) is 0 Å². The number of thioether (sulfide) groups is 1.